The van der Waals surface area contributed by atoms with Gasteiger partial charge in [0.25, 0.3) is 0 Å². The van der Waals surface area contributed by atoms with Crippen LogP contribution in [0.2, 0.25) is 0 Å². The molecule has 0 bridgehead atoms. The van der Waals surface area contributed by atoms with Crippen LogP contribution in [0.5, 0.6) is 0 Å². The molecule has 2 heteroatoms. The fourth-order valence-electron chi connectivity index (χ4n) is 2.44. The normalized spacial score (nSPS) is 21.8. The summed E-state index contributed by atoms with van der Waals surface area (Å²) >= 11 is 0. The van der Waals surface area contributed by atoms with E-state index in [1.165, 1.54) is 6.07 Å². The van der Waals surface area contributed by atoms with Gasteiger partial charge >= 0.3 is 0 Å². The van der Waals surface area contributed by atoms with Gasteiger partial charge in [0.2, 0.25) is 0 Å². The molecule has 0 aromatic heterocycles. The first-order valence-corrected chi connectivity index (χ1v) is 5.56. The molecule has 82 valence electrons. The standard InChI is InChI=1S/C13H17FO/c1-8(2)13(15)12-5-3-9-7-10(14)4-6-11(9)12/h4,6-8,12-13,15H,3,5H2,1-2H3. The fourth-order valence-corrected chi connectivity index (χ4v) is 2.44. The van der Waals surface area contributed by atoms with Crippen molar-refractivity contribution in [3.63, 3.8) is 0 Å². The van der Waals surface area contributed by atoms with E-state index in [9.17, 15) is 9.50 Å². The zero-order valence-corrected chi connectivity index (χ0v) is 9.20. The second kappa shape index (κ2) is 3.93. The number of hydrogen-bond donors (Lipinski definition) is 1. The molecule has 1 aromatic rings. The van der Waals surface area contributed by atoms with Crippen molar-refractivity contribution in [1.29, 1.82) is 0 Å². The smallest absolute Gasteiger partial charge is 0.123 e. The van der Waals surface area contributed by atoms with Gasteiger partial charge < -0.3 is 5.11 Å². The van der Waals surface area contributed by atoms with Gasteiger partial charge in [-0.1, -0.05) is 19.9 Å². The lowest BCUT2D eigenvalue weighted by Gasteiger charge is -2.22. The summed E-state index contributed by atoms with van der Waals surface area (Å²) in [7, 11) is 0. The van der Waals surface area contributed by atoms with E-state index in [1.54, 1.807) is 6.07 Å². The van der Waals surface area contributed by atoms with Gasteiger partial charge in [-0.3, -0.25) is 0 Å². The summed E-state index contributed by atoms with van der Waals surface area (Å²) in [6.45, 7) is 4.04. The van der Waals surface area contributed by atoms with E-state index in [4.69, 9.17) is 0 Å². The molecule has 0 saturated carbocycles. The first kappa shape index (κ1) is 10.6. The quantitative estimate of drug-likeness (QED) is 0.792. The molecule has 0 radical (unpaired) electrons. The lowest BCUT2D eigenvalue weighted by atomic mass is 9.89. The number of aliphatic hydroxyl groups excluding tert-OH is 1. The monoisotopic (exact) mass is 208 g/mol. The van der Waals surface area contributed by atoms with Crippen molar-refractivity contribution in [2.24, 2.45) is 5.92 Å². The predicted octanol–water partition coefficient (Wildman–Crippen LogP) is 2.87. The zero-order valence-electron chi connectivity index (χ0n) is 9.20. The van der Waals surface area contributed by atoms with Crippen molar-refractivity contribution in [2.75, 3.05) is 0 Å². The highest BCUT2D eigenvalue weighted by Gasteiger charge is 2.30. The molecule has 2 atom stereocenters. The molecule has 1 aromatic carbocycles. The van der Waals surface area contributed by atoms with Crippen LogP contribution in [0.3, 0.4) is 0 Å². The highest BCUT2D eigenvalue weighted by Crippen LogP contribution is 2.37. The van der Waals surface area contributed by atoms with Gasteiger partial charge in [-0.25, -0.2) is 4.39 Å². The second-order valence-corrected chi connectivity index (χ2v) is 4.72. The SMILES string of the molecule is CC(C)C(O)C1CCc2cc(F)ccc21. The number of benzene rings is 1. The molecular weight excluding hydrogens is 191 g/mol. The van der Waals surface area contributed by atoms with Gasteiger partial charge in [0, 0.05) is 5.92 Å². The Hall–Kier alpha value is -0.890. The Balaban J connectivity index is 2.29. The van der Waals surface area contributed by atoms with Crippen LogP contribution in [-0.2, 0) is 6.42 Å². The maximum atomic E-state index is 13.0. The van der Waals surface area contributed by atoms with Crippen molar-refractivity contribution >= 4 is 0 Å². The van der Waals surface area contributed by atoms with Gasteiger partial charge in [0.1, 0.15) is 5.82 Å². The lowest BCUT2D eigenvalue weighted by Crippen LogP contribution is -2.22. The summed E-state index contributed by atoms with van der Waals surface area (Å²) in [5, 5.41) is 10.0. The van der Waals surface area contributed by atoms with E-state index in [-0.39, 0.29) is 23.8 Å². The number of rotatable bonds is 2. The Morgan fingerprint density at radius 3 is 2.80 bits per heavy atom. The minimum Gasteiger partial charge on any atom is -0.392 e. The number of hydrogen-bond acceptors (Lipinski definition) is 1. The van der Waals surface area contributed by atoms with Crippen molar-refractivity contribution in [3.8, 4) is 0 Å². The summed E-state index contributed by atoms with van der Waals surface area (Å²) in [5.74, 6) is 0.278. The second-order valence-electron chi connectivity index (χ2n) is 4.72. The van der Waals surface area contributed by atoms with Crippen LogP contribution in [0.25, 0.3) is 0 Å². The topological polar surface area (TPSA) is 20.2 Å². The zero-order chi connectivity index (χ0) is 11.0. The first-order chi connectivity index (χ1) is 7.09. The molecule has 0 fully saturated rings. The molecular formula is C13H17FO. The highest BCUT2D eigenvalue weighted by molar-refractivity contribution is 5.36. The Bertz CT molecular complexity index is 360. The van der Waals surface area contributed by atoms with Crippen LogP contribution < -0.4 is 0 Å². The number of halogens is 1. The molecule has 2 rings (SSSR count). The number of aryl methyl sites for hydroxylation is 1. The van der Waals surface area contributed by atoms with Gasteiger partial charge in [-0.15, -0.1) is 0 Å². The summed E-state index contributed by atoms with van der Waals surface area (Å²) < 4.78 is 13.0. The first-order valence-electron chi connectivity index (χ1n) is 5.56. The van der Waals surface area contributed by atoms with Crippen LogP contribution in [0, 0.1) is 11.7 Å². The Morgan fingerprint density at radius 2 is 2.13 bits per heavy atom. The van der Waals surface area contributed by atoms with E-state index in [1.807, 2.05) is 19.9 Å². The highest BCUT2D eigenvalue weighted by atomic mass is 19.1. The van der Waals surface area contributed by atoms with E-state index in [0.717, 1.165) is 24.0 Å². The molecule has 15 heavy (non-hydrogen) atoms. The van der Waals surface area contributed by atoms with Crippen LogP contribution in [0.1, 0.15) is 37.3 Å². The summed E-state index contributed by atoms with van der Waals surface area (Å²) in [4.78, 5) is 0. The minimum absolute atomic E-state index is 0.173. The fraction of sp³-hybridized carbons (Fsp3) is 0.538. The summed E-state index contributed by atoms with van der Waals surface area (Å²) in [5.41, 5.74) is 2.21. The van der Waals surface area contributed by atoms with Crippen LogP contribution in [0.4, 0.5) is 4.39 Å². The molecule has 0 heterocycles. The van der Waals surface area contributed by atoms with Gasteiger partial charge in [-0.05, 0) is 42.0 Å². The van der Waals surface area contributed by atoms with Crippen molar-refractivity contribution in [3.05, 3.63) is 35.1 Å². The maximum absolute atomic E-state index is 13.0. The largest absolute Gasteiger partial charge is 0.392 e. The van der Waals surface area contributed by atoms with Gasteiger partial charge in [0.15, 0.2) is 0 Å². The van der Waals surface area contributed by atoms with Crippen molar-refractivity contribution in [1.82, 2.24) is 0 Å². The van der Waals surface area contributed by atoms with E-state index in [2.05, 4.69) is 0 Å². The summed E-state index contributed by atoms with van der Waals surface area (Å²) in [6.07, 6.45) is 1.52. The molecule has 1 aliphatic carbocycles. The van der Waals surface area contributed by atoms with Crippen LogP contribution in [-0.4, -0.2) is 11.2 Å². The number of fused-ring (bicyclic) bond motifs is 1. The molecule has 2 unspecified atom stereocenters. The average Bonchev–Trinajstić information content (AvgIpc) is 2.59. The molecule has 1 aliphatic rings. The van der Waals surface area contributed by atoms with E-state index in [0.29, 0.717) is 0 Å². The molecule has 1 nitrogen and oxygen atoms in total. The predicted molar refractivity (Wildman–Crippen MR) is 58.3 cm³/mol. The van der Waals surface area contributed by atoms with Gasteiger partial charge in [-0.2, -0.15) is 0 Å². The van der Waals surface area contributed by atoms with Crippen LogP contribution >= 0.6 is 0 Å². The maximum Gasteiger partial charge on any atom is 0.123 e. The Labute approximate surface area is 89.9 Å². The van der Waals surface area contributed by atoms with Gasteiger partial charge in [0.05, 0.1) is 6.10 Å². The van der Waals surface area contributed by atoms with E-state index < -0.39 is 0 Å². The number of aliphatic hydroxyl groups is 1. The van der Waals surface area contributed by atoms with Crippen molar-refractivity contribution < 1.29 is 9.50 Å². The molecule has 0 spiro atoms. The third-order valence-electron chi connectivity index (χ3n) is 3.32. The molecule has 0 aliphatic heterocycles. The third-order valence-corrected chi connectivity index (χ3v) is 3.32. The minimum atomic E-state index is -0.309. The summed E-state index contributed by atoms with van der Waals surface area (Å²) in [6, 6.07) is 4.92. The van der Waals surface area contributed by atoms with Crippen molar-refractivity contribution in [2.45, 2.75) is 38.7 Å². The van der Waals surface area contributed by atoms with Crippen LogP contribution in [0.15, 0.2) is 18.2 Å². The molecule has 0 amide bonds. The Kier molecular flexibility index (Phi) is 2.79. The third kappa shape index (κ3) is 1.91. The van der Waals surface area contributed by atoms with E-state index >= 15 is 0 Å². The Morgan fingerprint density at radius 1 is 1.40 bits per heavy atom. The molecule has 1 N–H and O–H groups in total. The average molecular weight is 208 g/mol. The lowest BCUT2D eigenvalue weighted by molar-refractivity contribution is 0.0963. The molecule has 0 saturated heterocycles.